The number of hydrogen-bond donors (Lipinski definition) is 0. The van der Waals surface area contributed by atoms with Crippen LogP contribution in [-0.2, 0) is 16.0 Å². The summed E-state index contributed by atoms with van der Waals surface area (Å²) in [5.41, 5.74) is 2.57. The number of amides is 2. The summed E-state index contributed by atoms with van der Waals surface area (Å²) in [5.74, 6) is -0.0163. The molecule has 0 unspecified atom stereocenters. The van der Waals surface area contributed by atoms with Crippen molar-refractivity contribution < 1.29 is 9.59 Å². The predicted octanol–water partition coefficient (Wildman–Crippen LogP) is 3.64. The number of carbonyl (C=O) groups is 2. The molecule has 120 valence electrons. The molecule has 0 aliphatic heterocycles. The van der Waals surface area contributed by atoms with Gasteiger partial charge in [-0.25, -0.2) is 0 Å². The monoisotopic (exact) mass is 374 g/mol. The summed E-state index contributed by atoms with van der Waals surface area (Å²) in [4.78, 5) is 26.9. The zero-order chi connectivity index (χ0) is 17.0. The fourth-order valence-electron chi connectivity index (χ4n) is 2.12. The van der Waals surface area contributed by atoms with E-state index in [1.54, 1.807) is 23.9 Å². The van der Waals surface area contributed by atoms with Gasteiger partial charge in [0.25, 0.3) is 0 Å². The van der Waals surface area contributed by atoms with Crippen LogP contribution in [0, 0.1) is 0 Å². The Morgan fingerprint density at radius 2 is 1.35 bits per heavy atom. The van der Waals surface area contributed by atoms with E-state index in [1.807, 2.05) is 48.5 Å². The smallest absolute Gasteiger partial charge is 0.231 e. The zero-order valence-electron chi connectivity index (χ0n) is 13.4. The molecule has 4 nitrogen and oxygen atoms in total. The Kier molecular flexibility index (Phi) is 5.55. The minimum absolute atomic E-state index is 0.0139. The first-order valence-corrected chi connectivity index (χ1v) is 8.03. The molecule has 0 aromatic heterocycles. The molecule has 2 amide bonds. The van der Waals surface area contributed by atoms with E-state index in [1.165, 1.54) is 6.92 Å². The maximum absolute atomic E-state index is 12.4. The molecule has 2 aromatic carbocycles. The summed E-state index contributed by atoms with van der Waals surface area (Å²) >= 11 is 3.38. The summed E-state index contributed by atoms with van der Waals surface area (Å²) in [6.45, 7) is 1.52. The molecular weight excluding hydrogens is 356 g/mol. The first-order valence-electron chi connectivity index (χ1n) is 7.24. The number of likely N-dealkylation sites (N-methyl/N-ethyl adjacent to an activating group) is 1. The Morgan fingerprint density at radius 3 is 1.83 bits per heavy atom. The van der Waals surface area contributed by atoms with Crippen molar-refractivity contribution in [2.24, 2.45) is 0 Å². The van der Waals surface area contributed by atoms with Crippen LogP contribution < -0.4 is 9.80 Å². The number of halogens is 1. The Balaban J connectivity index is 2.07. The number of benzene rings is 2. The lowest BCUT2D eigenvalue weighted by Crippen LogP contribution is -2.28. The average molecular weight is 375 g/mol. The molecule has 0 spiro atoms. The molecule has 0 saturated heterocycles. The minimum atomic E-state index is -0.0302. The fourth-order valence-corrected chi connectivity index (χ4v) is 2.39. The highest BCUT2D eigenvalue weighted by Gasteiger charge is 2.12. The third-order valence-electron chi connectivity index (χ3n) is 3.74. The highest BCUT2D eigenvalue weighted by atomic mass is 79.9. The second kappa shape index (κ2) is 7.42. The molecule has 2 rings (SSSR count). The van der Waals surface area contributed by atoms with E-state index in [9.17, 15) is 9.59 Å². The number of hydrogen-bond acceptors (Lipinski definition) is 2. The first kappa shape index (κ1) is 17.2. The molecule has 0 N–H and O–H groups in total. The minimum Gasteiger partial charge on any atom is -0.316 e. The van der Waals surface area contributed by atoms with Crippen molar-refractivity contribution in [1.29, 1.82) is 0 Å². The van der Waals surface area contributed by atoms with Gasteiger partial charge in [-0.15, -0.1) is 0 Å². The Hall–Kier alpha value is -2.14. The fraction of sp³-hybridized carbons (Fsp3) is 0.222. The molecule has 0 atom stereocenters. The van der Waals surface area contributed by atoms with Crippen molar-refractivity contribution >= 4 is 39.1 Å². The number of rotatable bonds is 4. The molecule has 0 radical (unpaired) electrons. The second-order valence-electron chi connectivity index (χ2n) is 5.35. The van der Waals surface area contributed by atoms with Crippen molar-refractivity contribution in [3.05, 3.63) is 58.6 Å². The Labute approximate surface area is 144 Å². The van der Waals surface area contributed by atoms with Crippen molar-refractivity contribution in [2.45, 2.75) is 13.3 Å². The average Bonchev–Trinajstić information content (AvgIpc) is 2.55. The van der Waals surface area contributed by atoms with E-state index in [0.29, 0.717) is 6.42 Å². The van der Waals surface area contributed by atoms with Gasteiger partial charge in [0.1, 0.15) is 0 Å². The van der Waals surface area contributed by atoms with Crippen LogP contribution in [0.1, 0.15) is 12.5 Å². The van der Waals surface area contributed by atoms with Gasteiger partial charge in [0, 0.05) is 36.9 Å². The normalized spacial score (nSPS) is 10.3. The third-order valence-corrected chi connectivity index (χ3v) is 4.27. The van der Waals surface area contributed by atoms with E-state index in [4.69, 9.17) is 0 Å². The van der Waals surface area contributed by atoms with Crippen LogP contribution in [0.15, 0.2) is 53.0 Å². The van der Waals surface area contributed by atoms with Crippen molar-refractivity contribution in [3.8, 4) is 0 Å². The summed E-state index contributed by atoms with van der Waals surface area (Å²) in [7, 11) is 3.48. The molecule has 0 fully saturated rings. The summed E-state index contributed by atoms with van der Waals surface area (Å²) in [6, 6.07) is 15.1. The van der Waals surface area contributed by atoms with E-state index in [2.05, 4.69) is 15.9 Å². The molecule has 0 bridgehead atoms. The lowest BCUT2D eigenvalue weighted by molar-refractivity contribution is -0.118. The van der Waals surface area contributed by atoms with Crippen LogP contribution in [0.4, 0.5) is 11.4 Å². The summed E-state index contributed by atoms with van der Waals surface area (Å²) in [5, 5.41) is 0. The second-order valence-corrected chi connectivity index (χ2v) is 6.27. The van der Waals surface area contributed by atoms with Crippen molar-refractivity contribution in [3.63, 3.8) is 0 Å². The van der Waals surface area contributed by atoms with E-state index >= 15 is 0 Å². The number of nitrogens with zero attached hydrogens (tertiary/aromatic N) is 2. The molecular formula is C18H19BrN2O2. The lowest BCUT2D eigenvalue weighted by Gasteiger charge is -2.20. The predicted molar refractivity (Wildman–Crippen MR) is 96.8 cm³/mol. The van der Waals surface area contributed by atoms with E-state index in [-0.39, 0.29) is 11.8 Å². The topological polar surface area (TPSA) is 40.6 Å². The van der Waals surface area contributed by atoms with Gasteiger partial charge in [-0.1, -0.05) is 28.1 Å². The van der Waals surface area contributed by atoms with Crippen molar-refractivity contribution in [1.82, 2.24) is 0 Å². The molecule has 2 aromatic rings. The SMILES string of the molecule is CC(=O)N(C)c1ccc(N(C)C(=O)Cc2ccc(Br)cc2)cc1. The zero-order valence-corrected chi connectivity index (χ0v) is 15.0. The van der Waals surface area contributed by atoms with Crippen LogP contribution in [0.25, 0.3) is 0 Å². The molecule has 0 aliphatic carbocycles. The molecule has 0 aliphatic rings. The highest BCUT2D eigenvalue weighted by Crippen LogP contribution is 2.20. The van der Waals surface area contributed by atoms with Gasteiger partial charge < -0.3 is 9.80 Å². The molecule has 5 heteroatoms. The van der Waals surface area contributed by atoms with Crippen LogP contribution >= 0.6 is 15.9 Å². The van der Waals surface area contributed by atoms with Gasteiger partial charge in [0.15, 0.2) is 0 Å². The van der Waals surface area contributed by atoms with Gasteiger partial charge in [-0.3, -0.25) is 9.59 Å². The van der Waals surface area contributed by atoms with E-state index < -0.39 is 0 Å². The molecule has 23 heavy (non-hydrogen) atoms. The van der Waals surface area contributed by atoms with Gasteiger partial charge >= 0.3 is 0 Å². The van der Waals surface area contributed by atoms with Crippen LogP contribution in [0.3, 0.4) is 0 Å². The maximum Gasteiger partial charge on any atom is 0.231 e. The van der Waals surface area contributed by atoms with Crippen LogP contribution in [0.5, 0.6) is 0 Å². The van der Waals surface area contributed by atoms with Crippen LogP contribution in [-0.4, -0.2) is 25.9 Å². The quantitative estimate of drug-likeness (QED) is 0.819. The standard InChI is InChI=1S/C18H19BrN2O2/c1-13(22)20(2)16-8-10-17(11-9-16)21(3)18(23)12-14-4-6-15(19)7-5-14/h4-11H,12H2,1-3H3. The first-order chi connectivity index (χ1) is 10.9. The van der Waals surface area contributed by atoms with E-state index in [0.717, 1.165) is 21.4 Å². The Morgan fingerprint density at radius 1 is 0.870 bits per heavy atom. The summed E-state index contributed by atoms with van der Waals surface area (Å²) in [6.07, 6.45) is 0.346. The number of carbonyl (C=O) groups excluding carboxylic acids is 2. The number of anilines is 2. The largest absolute Gasteiger partial charge is 0.316 e. The van der Waals surface area contributed by atoms with Gasteiger partial charge in [0.05, 0.1) is 6.42 Å². The summed E-state index contributed by atoms with van der Waals surface area (Å²) < 4.78 is 0.993. The van der Waals surface area contributed by atoms with Crippen LogP contribution in [0.2, 0.25) is 0 Å². The van der Waals surface area contributed by atoms with Gasteiger partial charge in [0.2, 0.25) is 11.8 Å². The lowest BCUT2D eigenvalue weighted by atomic mass is 10.1. The maximum atomic E-state index is 12.4. The van der Waals surface area contributed by atoms with Gasteiger partial charge in [-0.05, 0) is 42.0 Å². The van der Waals surface area contributed by atoms with Gasteiger partial charge in [-0.2, -0.15) is 0 Å². The van der Waals surface area contributed by atoms with Crippen molar-refractivity contribution in [2.75, 3.05) is 23.9 Å². The molecule has 0 saturated carbocycles. The third kappa shape index (κ3) is 4.42. The Bertz CT molecular complexity index is 696. The highest BCUT2D eigenvalue weighted by molar-refractivity contribution is 9.10. The molecule has 0 heterocycles.